The van der Waals surface area contributed by atoms with Gasteiger partial charge in [0.25, 0.3) is 0 Å². The molecule has 0 saturated carbocycles. The number of rotatable bonds is 1. The van der Waals surface area contributed by atoms with Crippen LogP contribution in [-0.2, 0) is 4.74 Å². The molecule has 0 N–H and O–H groups in total. The van der Waals surface area contributed by atoms with Gasteiger partial charge in [-0.05, 0) is 18.2 Å². The lowest BCUT2D eigenvalue weighted by Gasteiger charge is -2.29. The Labute approximate surface area is 108 Å². The molecule has 1 fully saturated rings. The molecule has 4 nitrogen and oxygen atoms in total. The van der Waals surface area contributed by atoms with E-state index in [4.69, 9.17) is 15.3 Å². The van der Waals surface area contributed by atoms with Crippen molar-refractivity contribution in [2.45, 2.75) is 13.8 Å². The van der Waals surface area contributed by atoms with Crippen molar-refractivity contribution < 1.29 is 4.74 Å². The highest BCUT2D eigenvalue weighted by Gasteiger charge is 2.12. The fourth-order valence-electron chi connectivity index (χ4n) is 1.74. The first-order valence-corrected chi connectivity index (χ1v) is 6.11. The Morgan fingerprint density at radius 2 is 1.50 bits per heavy atom. The molecule has 4 heteroatoms. The van der Waals surface area contributed by atoms with Gasteiger partial charge in [0.05, 0.1) is 36.5 Å². The van der Waals surface area contributed by atoms with Crippen LogP contribution in [0.4, 0.5) is 5.69 Å². The van der Waals surface area contributed by atoms with E-state index < -0.39 is 0 Å². The summed E-state index contributed by atoms with van der Waals surface area (Å²) in [5.74, 6) is 0. The van der Waals surface area contributed by atoms with Crippen LogP contribution in [0.5, 0.6) is 0 Å². The van der Waals surface area contributed by atoms with Crippen molar-refractivity contribution in [1.29, 1.82) is 10.5 Å². The van der Waals surface area contributed by atoms with Crippen LogP contribution in [0.1, 0.15) is 25.0 Å². The zero-order valence-corrected chi connectivity index (χ0v) is 10.8. The van der Waals surface area contributed by atoms with E-state index in [2.05, 4.69) is 17.0 Å². The van der Waals surface area contributed by atoms with E-state index in [1.54, 1.807) is 6.07 Å². The van der Waals surface area contributed by atoms with Crippen LogP contribution >= 0.6 is 0 Å². The van der Waals surface area contributed by atoms with Crippen molar-refractivity contribution in [2.75, 3.05) is 31.2 Å². The highest BCUT2D eigenvalue weighted by atomic mass is 16.5. The van der Waals surface area contributed by atoms with E-state index >= 15 is 0 Å². The molecule has 0 spiro atoms. The number of hydrogen-bond donors (Lipinski definition) is 0. The van der Waals surface area contributed by atoms with E-state index in [0.717, 1.165) is 18.8 Å². The van der Waals surface area contributed by atoms with E-state index in [-0.39, 0.29) is 0 Å². The number of morpholine rings is 1. The number of anilines is 1. The molecule has 1 heterocycles. The molecule has 0 aromatic heterocycles. The first-order valence-electron chi connectivity index (χ1n) is 6.11. The Balaban J connectivity index is 0.000000771. The van der Waals surface area contributed by atoms with Gasteiger partial charge in [-0.25, -0.2) is 0 Å². The van der Waals surface area contributed by atoms with Crippen LogP contribution in [-0.4, -0.2) is 26.3 Å². The van der Waals surface area contributed by atoms with Gasteiger partial charge in [-0.3, -0.25) is 0 Å². The minimum atomic E-state index is 0.528. The topological polar surface area (TPSA) is 60.0 Å². The van der Waals surface area contributed by atoms with Gasteiger partial charge in [0.1, 0.15) is 0 Å². The van der Waals surface area contributed by atoms with Crippen LogP contribution < -0.4 is 4.90 Å². The van der Waals surface area contributed by atoms with Gasteiger partial charge in [-0.1, -0.05) is 13.8 Å². The maximum absolute atomic E-state index is 8.88. The largest absolute Gasteiger partial charge is 0.378 e. The molecule has 0 aliphatic carbocycles. The molecule has 1 aliphatic rings. The van der Waals surface area contributed by atoms with E-state index in [0.29, 0.717) is 24.3 Å². The standard InChI is InChI=1S/C12H11N3O.C2H6/c13-8-10-5-11(9-14)7-12(6-10)15-1-3-16-4-2-15;1-2/h5-7H,1-4H2;1-2H3. The smallest absolute Gasteiger partial charge is 0.0992 e. The van der Waals surface area contributed by atoms with Crippen molar-refractivity contribution in [3.8, 4) is 12.1 Å². The van der Waals surface area contributed by atoms with Crippen molar-refractivity contribution in [3.05, 3.63) is 29.3 Å². The normalized spacial score (nSPS) is 13.9. The average Bonchev–Trinajstić information content (AvgIpc) is 2.49. The fraction of sp³-hybridized carbons (Fsp3) is 0.429. The minimum absolute atomic E-state index is 0.528. The van der Waals surface area contributed by atoms with Gasteiger partial charge in [0, 0.05) is 18.8 Å². The van der Waals surface area contributed by atoms with Gasteiger partial charge >= 0.3 is 0 Å². The first-order chi connectivity index (χ1) is 8.83. The molecule has 94 valence electrons. The SMILES string of the molecule is CC.N#Cc1cc(C#N)cc(N2CCOCC2)c1. The molecule has 2 rings (SSSR count). The number of ether oxygens (including phenoxy) is 1. The van der Waals surface area contributed by atoms with Crippen LogP contribution in [0.25, 0.3) is 0 Å². The molecule has 0 bridgehead atoms. The summed E-state index contributed by atoms with van der Waals surface area (Å²) in [6.07, 6.45) is 0. The summed E-state index contributed by atoms with van der Waals surface area (Å²) in [7, 11) is 0. The maximum Gasteiger partial charge on any atom is 0.0992 e. The molecule has 0 radical (unpaired) electrons. The molecule has 1 saturated heterocycles. The summed E-state index contributed by atoms with van der Waals surface area (Å²) in [6.45, 7) is 7.00. The predicted octanol–water partition coefficient (Wildman–Crippen LogP) is 2.29. The van der Waals surface area contributed by atoms with E-state index in [9.17, 15) is 0 Å². The second kappa shape index (κ2) is 7.32. The van der Waals surface area contributed by atoms with Gasteiger partial charge in [0.15, 0.2) is 0 Å². The molecule has 1 aromatic carbocycles. The Bertz CT molecular complexity index is 433. The third-order valence-corrected chi connectivity index (χ3v) is 2.55. The molecule has 0 atom stereocenters. The van der Waals surface area contributed by atoms with Gasteiger partial charge in [0.2, 0.25) is 0 Å². The second-order valence-corrected chi connectivity index (χ2v) is 3.59. The Kier molecular flexibility index (Phi) is 5.70. The summed E-state index contributed by atoms with van der Waals surface area (Å²) in [6, 6.07) is 9.37. The number of hydrogen-bond acceptors (Lipinski definition) is 4. The molecule has 0 unspecified atom stereocenters. The fourth-order valence-corrected chi connectivity index (χ4v) is 1.74. The van der Waals surface area contributed by atoms with Gasteiger partial charge < -0.3 is 9.64 Å². The third-order valence-electron chi connectivity index (χ3n) is 2.55. The van der Waals surface area contributed by atoms with Crippen LogP contribution in [0.15, 0.2) is 18.2 Å². The van der Waals surface area contributed by atoms with Crippen molar-refractivity contribution in [2.24, 2.45) is 0 Å². The number of nitriles is 2. The van der Waals surface area contributed by atoms with Crippen molar-refractivity contribution >= 4 is 5.69 Å². The highest BCUT2D eigenvalue weighted by molar-refractivity contribution is 5.56. The number of benzene rings is 1. The monoisotopic (exact) mass is 243 g/mol. The lowest BCUT2D eigenvalue weighted by molar-refractivity contribution is 0.122. The first kappa shape index (κ1) is 14.0. The number of nitrogens with zero attached hydrogens (tertiary/aromatic N) is 3. The van der Waals surface area contributed by atoms with Crippen molar-refractivity contribution in [1.82, 2.24) is 0 Å². The summed E-state index contributed by atoms with van der Waals surface area (Å²) in [5, 5.41) is 17.8. The van der Waals surface area contributed by atoms with E-state index in [1.807, 2.05) is 26.0 Å². The molecular weight excluding hydrogens is 226 g/mol. The molecule has 0 amide bonds. The Morgan fingerprint density at radius 1 is 1.00 bits per heavy atom. The summed E-state index contributed by atoms with van der Waals surface area (Å²) in [4.78, 5) is 2.13. The van der Waals surface area contributed by atoms with Gasteiger partial charge in [-0.2, -0.15) is 10.5 Å². The maximum atomic E-state index is 8.88. The van der Waals surface area contributed by atoms with Crippen LogP contribution in [0.3, 0.4) is 0 Å². The summed E-state index contributed by atoms with van der Waals surface area (Å²) >= 11 is 0. The predicted molar refractivity (Wildman–Crippen MR) is 70.3 cm³/mol. The molecule has 18 heavy (non-hydrogen) atoms. The third kappa shape index (κ3) is 3.48. The summed E-state index contributed by atoms with van der Waals surface area (Å²) < 4.78 is 5.26. The highest BCUT2D eigenvalue weighted by Crippen LogP contribution is 2.19. The molecule has 1 aromatic rings. The molecule has 1 aliphatic heterocycles. The zero-order valence-electron chi connectivity index (χ0n) is 10.8. The van der Waals surface area contributed by atoms with Crippen molar-refractivity contribution in [3.63, 3.8) is 0 Å². The second-order valence-electron chi connectivity index (χ2n) is 3.59. The van der Waals surface area contributed by atoms with Crippen LogP contribution in [0.2, 0.25) is 0 Å². The average molecular weight is 243 g/mol. The lowest BCUT2D eigenvalue weighted by Crippen LogP contribution is -2.36. The quantitative estimate of drug-likeness (QED) is 0.759. The Hall–Kier alpha value is -2.04. The lowest BCUT2D eigenvalue weighted by atomic mass is 10.1. The Morgan fingerprint density at radius 3 is 1.94 bits per heavy atom. The summed E-state index contributed by atoms with van der Waals surface area (Å²) in [5.41, 5.74) is 1.99. The minimum Gasteiger partial charge on any atom is -0.378 e. The zero-order chi connectivity index (χ0) is 13.4. The van der Waals surface area contributed by atoms with E-state index in [1.165, 1.54) is 0 Å². The van der Waals surface area contributed by atoms with Gasteiger partial charge in [-0.15, -0.1) is 0 Å². The van der Waals surface area contributed by atoms with Crippen LogP contribution in [0, 0.1) is 22.7 Å². The molecular formula is C14H17N3O.